The average molecular weight is 442 g/mol. The molecule has 2 aromatic carbocycles. The molecule has 3 aromatic rings. The van der Waals surface area contributed by atoms with Gasteiger partial charge in [0.15, 0.2) is 10.9 Å². The number of oxazole rings is 1. The summed E-state index contributed by atoms with van der Waals surface area (Å²) in [4.78, 5) is 13.3. The molecule has 0 bridgehead atoms. The summed E-state index contributed by atoms with van der Waals surface area (Å²) in [6.45, 7) is 5.53. The van der Waals surface area contributed by atoms with Gasteiger partial charge in [0.2, 0.25) is 0 Å². The molecule has 0 unspecified atom stereocenters. The second-order valence-electron chi connectivity index (χ2n) is 7.03. The van der Waals surface area contributed by atoms with Crippen molar-refractivity contribution in [1.29, 1.82) is 0 Å². The summed E-state index contributed by atoms with van der Waals surface area (Å²) in [6, 6.07) is 12.1. The molecular formula is C20H18Cl2FNO3S. The number of thioether (sulfide) groups is 1. The summed E-state index contributed by atoms with van der Waals surface area (Å²) < 4.78 is 26.5. The normalized spacial score (nSPS) is 11.6. The molecule has 0 saturated heterocycles. The zero-order valence-electron chi connectivity index (χ0n) is 15.5. The van der Waals surface area contributed by atoms with Crippen molar-refractivity contribution in [3.05, 3.63) is 74.8 Å². The molecule has 8 heteroatoms. The highest BCUT2D eigenvalue weighted by Gasteiger charge is 2.28. The summed E-state index contributed by atoms with van der Waals surface area (Å²) >= 11 is 13.9. The second kappa shape index (κ2) is 8.23. The number of aromatic nitrogens is 1. The summed E-state index contributed by atoms with van der Waals surface area (Å²) in [6.07, 6.45) is 0. The van der Waals surface area contributed by atoms with Gasteiger partial charge in [0, 0.05) is 16.4 Å². The van der Waals surface area contributed by atoms with Crippen molar-refractivity contribution in [2.45, 2.75) is 31.1 Å². The SMILES string of the molecule is CC(C)(C)c1oc(=O)n(-c2cc(OCSc3ccccc3)c(Cl)cc2F)c1Cl. The molecule has 0 fully saturated rings. The predicted molar refractivity (Wildman–Crippen MR) is 111 cm³/mol. The van der Waals surface area contributed by atoms with Crippen LogP contribution in [0.1, 0.15) is 26.5 Å². The maximum atomic E-state index is 14.6. The van der Waals surface area contributed by atoms with Crippen LogP contribution in [0.15, 0.2) is 56.6 Å². The van der Waals surface area contributed by atoms with Gasteiger partial charge < -0.3 is 9.15 Å². The van der Waals surface area contributed by atoms with Gasteiger partial charge in [-0.3, -0.25) is 0 Å². The molecule has 0 radical (unpaired) electrons. The van der Waals surface area contributed by atoms with E-state index in [1.807, 2.05) is 51.1 Å². The van der Waals surface area contributed by atoms with Gasteiger partial charge in [0.25, 0.3) is 0 Å². The van der Waals surface area contributed by atoms with Crippen molar-refractivity contribution in [2.24, 2.45) is 0 Å². The Bertz CT molecular complexity index is 1040. The zero-order valence-corrected chi connectivity index (χ0v) is 17.8. The molecule has 0 atom stereocenters. The Kier molecular flexibility index (Phi) is 6.12. The predicted octanol–water partition coefficient (Wildman–Crippen LogP) is 6.30. The van der Waals surface area contributed by atoms with Crippen LogP contribution < -0.4 is 10.5 Å². The molecule has 0 N–H and O–H groups in total. The molecule has 0 spiro atoms. The molecule has 0 aliphatic rings. The van der Waals surface area contributed by atoms with E-state index in [-0.39, 0.29) is 33.3 Å². The van der Waals surface area contributed by atoms with E-state index in [9.17, 15) is 9.18 Å². The van der Waals surface area contributed by atoms with Crippen molar-refractivity contribution >= 4 is 35.0 Å². The Labute approximate surface area is 176 Å². The summed E-state index contributed by atoms with van der Waals surface area (Å²) in [7, 11) is 0. The van der Waals surface area contributed by atoms with E-state index in [2.05, 4.69) is 0 Å². The third kappa shape index (κ3) is 4.40. The van der Waals surface area contributed by atoms with Crippen molar-refractivity contribution in [3.63, 3.8) is 0 Å². The quantitative estimate of drug-likeness (QED) is 0.344. The number of nitrogens with zero attached hydrogens (tertiary/aromatic N) is 1. The van der Waals surface area contributed by atoms with Crippen molar-refractivity contribution in [2.75, 3.05) is 5.94 Å². The number of rotatable bonds is 5. The molecule has 4 nitrogen and oxygen atoms in total. The van der Waals surface area contributed by atoms with Crippen molar-refractivity contribution < 1.29 is 13.5 Å². The lowest BCUT2D eigenvalue weighted by Gasteiger charge is -2.15. The number of hydrogen-bond acceptors (Lipinski definition) is 4. The van der Waals surface area contributed by atoms with E-state index in [0.29, 0.717) is 0 Å². The van der Waals surface area contributed by atoms with Gasteiger partial charge in [-0.1, -0.05) is 73.9 Å². The number of halogens is 3. The lowest BCUT2D eigenvalue weighted by molar-refractivity contribution is 0.384. The minimum atomic E-state index is -0.777. The molecular weight excluding hydrogens is 424 g/mol. The van der Waals surface area contributed by atoms with E-state index < -0.39 is 17.0 Å². The van der Waals surface area contributed by atoms with Gasteiger partial charge in [-0.2, -0.15) is 0 Å². The zero-order chi connectivity index (χ0) is 20.5. The molecule has 1 heterocycles. The Hall–Kier alpha value is -1.89. The third-order valence-corrected chi connectivity index (χ3v) is 5.34. The Balaban J connectivity index is 1.92. The van der Waals surface area contributed by atoms with Crippen LogP contribution in [0.5, 0.6) is 5.75 Å². The Morgan fingerprint density at radius 1 is 1.18 bits per heavy atom. The van der Waals surface area contributed by atoms with Crippen molar-refractivity contribution in [3.8, 4) is 11.4 Å². The largest absolute Gasteiger partial charge is 0.481 e. The van der Waals surface area contributed by atoms with Crippen molar-refractivity contribution in [1.82, 2.24) is 4.57 Å². The Morgan fingerprint density at radius 3 is 2.46 bits per heavy atom. The monoisotopic (exact) mass is 441 g/mol. The highest BCUT2D eigenvalue weighted by Crippen LogP contribution is 2.34. The first-order valence-corrected chi connectivity index (χ1v) is 10.1. The van der Waals surface area contributed by atoms with Crippen LogP contribution in [-0.4, -0.2) is 10.5 Å². The highest BCUT2D eigenvalue weighted by atomic mass is 35.5. The maximum absolute atomic E-state index is 14.6. The van der Waals surface area contributed by atoms with Gasteiger partial charge in [-0.25, -0.2) is 13.8 Å². The first-order valence-electron chi connectivity index (χ1n) is 8.40. The topological polar surface area (TPSA) is 44.4 Å². The molecule has 0 amide bonds. The molecule has 0 aliphatic carbocycles. The molecule has 0 saturated carbocycles. The van der Waals surface area contributed by atoms with Crippen LogP contribution in [0.3, 0.4) is 0 Å². The first kappa shape index (κ1) is 20.8. The highest BCUT2D eigenvalue weighted by molar-refractivity contribution is 7.99. The lowest BCUT2D eigenvalue weighted by atomic mass is 9.94. The van der Waals surface area contributed by atoms with E-state index in [0.717, 1.165) is 15.5 Å². The van der Waals surface area contributed by atoms with Gasteiger partial charge in [0.1, 0.15) is 17.5 Å². The first-order chi connectivity index (χ1) is 13.2. The fraction of sp³-hybridized carbons (Fsp3) is 0.250. The van der Waals surface area contributed by atoms with Crippen LogP contribution in [0, 0.1) is 5.82 Å². The summed E-state index contributed by atoms with van der Waals surface area (Å²) in [5, 5.41) is 0.113. The van der Waals surface area contributed by atoms with Crippen LogP contribution in [0.4, 0.5) is 4.39 Å². The molecule has 28 heavy (non-hydrogen) atoms. The standard InChI is InChI=1S/C20H18Cl2FNO3S/c1-20(2,3)17-18(22)24(19(25)27-17)15-10-16(13(21)9-14(15)23)26-11-28-12-7-5-4-6-8-12/h4-10H,11H2,1-3H3. The van der Waals surface area contributed by atoms with E-state index in [1.54, 1.807) is 0 Å². The molecule has 1 aromatic heterocycles. The summed E-state index contributed by atoms with van der Waals surface area (Å²) in [5.74, 6) is -0.714. The van der Waals surface area contributed by atoms with Crippen LogP contribution in [0.2, 0.25) is 10.2 Å². The van der Waals surface area contributed by atoms with E-state index in [1.165, 1.54) is 17.8 Å². The minimum Gasteiger partial charge on any atom is -0.481 e. The second-order valence-corrected chi connectivity index (χ2v) is 8.79. The third-order valence-electron chi connectivity index (χ3n) is 3.86. The fourth-order valence-electron chi connectivity index (χ4n) is 2.50. The van der Waals surface area contributed by atoms with Crippen LogP contribution >= 0.6 is 35.0 Å². The maximum Gasteiger partial charge on any atom is 0.425 e. The smallest absolute Gasteiger partial charge is 0.425 e. The summed E-state index contributed by atoms with van der Waals surface area (Å²) in [5.41, 5.74) is -0.603. The Morgan fingerprint density at radius 2 is 1.86 bits per heavy atom. The van der Waals surface area contributed by atoms with Crippen LogP contribution in [0.25, 0.3) is 5.69 Å². The number of ether oxygens (including phenoxy) is 1. The molecule has 0 aliphatic heterocycles. The number of benzene rings is 2. The molecule has 148 valence electrons. The van der Waals surface area contributed by atoms with E-state index in [4.69, 9.17) is 32.4 Å². The lowest BCUT2D eigenvalue weighted by Crippen LogP contribution is -2.14. The van der Waals surface area contributed by atoms with Gasteiger partial charge in [-0.05, 0) is 18.2 Å². The average Bonchev–Trinajstić information content (AvgIpc) is 2.93. The van der Waals surface area contributed by atoms with Gasteiger partial charge >= 0.3 is 5.76 Å². The number of hydrogen-bond donors (Lipinski definition) is 0. The van der Waals surface area contributed by atoms with Gasteiger partial charge in [-0.15, -0.1) is 0 Å². The molecule has 3 rings (SSSR count). The van der Waals surface area contributed by atoms with Gasteiger partial charge in [0.05, 0.1) is 10.7 Å². The minimum absolute atomic E-state index is 0.0170. The van der Waals surface area contributed by atoms with E-state index >= 15 is 0 Å². The fourth-order valence-corrected chi connectivity index (χ4v) is 3.86. The van der Waals surface area contributed by atoms with Crippen LogP contribution in [-0.2, 0) is 5.41 Å².